The molecule has 0 fully saturated rings. The second kappa shape index (κ2) is 4.61. The summed E-state index contributed by atoms with van der Waals surface area (Å²) in [7, 11) is 11.6. The van der Waals surface area contributed by atoms with Crippen LogP contribution in [0.25, 0.3) is 0 Å². The van der Waals surface area contributed by atoms with Crippen LogP contribution in [0.5, 0.6) is 0 Å². The zero-order valence-corrected chi connectivity index (χ0v) is 11.2. The van der Waals surface area contributed by atoms with Crippen molar-refractivity contribution >= 4 is 12.6 Å². The molecule has 0 amide bonds. The molecule has 0 bridgehead atoms. The first kappa shape index (κ1) is 13.2. The zero-order valence-electron chi connectivity index (χ0n) is 10.3. The van der Waals surface area contributed by atoms with E-state index in [1.54, 1.807) is 0 Å². The molecule has 0 aromatic carbocycles. The Morgan fingerprint density at radius 2 is 0.923 bits per heavy atom. The minimum absolute atomic E-state index is 1.37. The molecule has 3 nitrogen and oxygen atoms in total. The number of nitrogens with zero attached hydrogens (tertiary/aromatic N) is 3. The summed E-state index contributed by atoms with van der Waals surface area (Å²) in [4.78, 5) is 0. The van der Waals surface area contributed by atoms with Crippen molar-refractivity contribution in [2.75, 3.05) is 42.3 Å². The van der Waals surface area contributed by atoms with Crippen LogP contribution in [0.3, 0.4) is 0 Å². The molecule has 4 heteroatoms. The number of hydrogen-bond donors (Lipinski definition) is 0. The van der Waals surface area contributed by atoms with Crippen LogP contribution >= 0.6 is 7.34 Å². The molecule has 0 rings (SSSR count). The van der Waals surface area contributed by atoms with E-state index in [1.165, 1.54) is 5.29 Å². The van der Waals surface area contributed by atoms with Gasteiger partial charge in [0.15, 0.2) is 0 Å². The minimum Gasteiger partial charge on any atom is -0.266 e. The third kappa shape index (κ3) is 2.16. The molecule has 0 N–H and O–H groups in total. The van der Waals surface area contributed by atoms with E-state index in [0.29, 0.717) is 0 Å². The molecule has 0 atom stereocenters. The van der Waals surface area contributed by atoms with Gasteiger partial charge in [0.05, 0.1) is 7.34 Å². The lowest BCUT2D eigenvalue weighted by Gasteiger charge is -2.44. The topological polar surface area (TPSA) is 9.72 Å². The van der Waals surface area contributed by atoms with Gasteiger partial charge in [-0.2, -0.15) is 0 Å². The summed E-state index contributed by atoms with van der Waals surface area (Å²) in [6, 6.07) is 0. The van der Waals surface area contributed by atoms with E-state index in [1.807, 2.05) is 0 Å². The molecule has 80 valence electrons. The van der Waals surface area contributed by atoms with Crippen LogP contribution in [-0.4, -0.2) is 61.6 Å². The quantitative estimate of drug-likeness (QED) is 0.649. The Hall–Kier alpha value is 0.180. The molecule has 0 aliphatic rings. The van der Waals surface area contributed by atoms with Gasteiger partial charge in [-0.1, -0.05) is 0 Å². The lowest BCUT2D eigenvalue weighted by Crippen LogP contribution is -2.33. The maximum Gasteiger partial charge on any atom is 0.0786 e. The Morgan fingerprint density at radius 1 is 0.692 bits per heavy atom. The summed E-state index contributed by atoms with van der Waals surface area (Å²) in [5.74, 6) is 0. The molecule has 0 saturated heterocycles. The fourth-order valence-corrected chi connectivity index (χ4v) is 6.82. The van der Waals surface area contributed by atoms with E-state index >= 15 is 0 Å². The van der Waals surface area contributed by atoms with Crippen LogP contribution in [0.2, 0.25) is 0 Å². The van der Waals surface area contributed by atoms with Crippen molar-refractivity contribution < 1.29 is 0 Å². The lowest BCUT2D eigenvalue weighted by atomic mass is 10.6. The summed E-state index contributed by atoms with van der Waals surface area (Å²) >= 11 is 0. The van der Waals surface area contributed by atoms with Crippen LogP contribution < -0.4 is 0 Å². The van der Waals surface area contributed by atoms with Gasteiger partial charge in [-0.05, 0) is 61.4 Å². The van der Waals surface area contributed by atoms with Gasteiger partial charge in [-0.15, -0.1) is 0 Å². The van der Waals surface area contributed by atoms with E-state index in [2.05, 4.69) is 70.1 Å². The van der Waals surface area contributed by atoms with Crippen LogP contribution in [0.15, 0.2) is 0 Å². The van der Waals surface area contributed by atoms with Crippen LogP contribution in [0.1, 0.15) is 13.8 Å². The highest BCUT2D eigenvalue weighted by Crippen LogP contribution is 2.54. The molecule has 0 spiro atoms. The average Bonchev–Trinajstić information content (AvgIpc) is 1.82. The second-order valence-corrected chi connectivity index (χ2v) is 8.49. The Morgan fingerprint density at radius 3 is 0.923 bits per heavy atom. The summed E-state index contributed by atoms with van der Waals surface area (Å²) in [6.07, 6.45) is 0. The first-order valence-corrected chi connectivity index (χ1v) is 6.15. The highest BCUT2D eigenvalue weighted by atomic mass is 31.2. The normalized spacial score (nSPS) is 13.2. The highest BCUT2D eigenvalue weighted by molar-refractivity contribution is 7.69. The van der Waals surface area contributed by atoms with Gasteiger partial charge in [0.1, 0.15) is 0 Å². The van der Waals surface area contributed by atoms with Gasteiger partial charge in [-0.25, -0.2) is 0 Å². The van der Waals surface area contributed by atoms with Gasteiger partial charge in [-0.3, -0.25) is 14.0 Å². The van der Waals surface area contributed by atoms with E-state index in [9.17, 15) is 0 Å². The molecule has 0 aliphatic heterocycles. The monoisotopic (exact) mass is 205 g/mol. The van der Waals surface area contributed by atoms with E-state index in [-0.39, 0.29) is 0 Å². The third-order valence-corrected chi connectivity index (χ3v) is 6.82. The Labute approximate surface area is 83.4 Å². The van der Waals surface area contributed by atoms with Gasteiger partial charge >= 0.3 is 0 Å². The molecule has 0 saturated carbocycles. The van der Waals surface area contributed by atoms with Gasteiger partial charge in [0.25, 0.3) is 0 Å². The molecule has 0 aromatic heterocycles. The third-order valence-electron chi connectivity index (χ3n) is 2.27. The zero-order chi connectivity index (χ0) is 10.8. The van der Waals surface area contributed by atoms with Crippen molar-refractivity contribution in [2.45, 2.75) is 13.8 Å². The highest BCUT2D eigenvalue weighted by Gasteiger charge is 2.26. The number of hydrogen-bond acceptors (Lipinski definition) is 3. The molecule has 0 aromatic rings. The molecular weight excluding hydrogens is 181 g/mol. The summed E-state index contributed by atoms with van der Waals surface area (Å²) in [5.41, 5.74) is 0. The molecule has 0 aliphatic carbocycles. The van der Waals surface area contributed by atoms with Crippen molar-refractivity contribution in [3.8, 4) is 0 Å². The first-order chi connectivity index (χ1) is 5.77. The van der Waals surface area contributed by atoms with Gasteiger partial charge < -0.3 is 0 Å². The van der Waals surface area contributed by atoms with Crippen LogP contribution in [0.4, 0.5) is 0 Å². The molecular formula is C9H24N3P. The molecule has 0 radical (unpaired) electrons. The van der Waals surface area contributed by atoms with Crippen molar-refractivity contribution in [2.24, 2.45) is 0 Å². The Balaban J connectivity index is 5.50. The van der Waals surface area contributed by atoms with Gasteiger partial charge in [0.2, 0.25) is 0 Å². The summed E-state index contributed by atoms with van der Waals surface area (Å²) < 4.78 is 7.01. The molecule has 0 heterocycles. The van der Waals surface area contributed by atoms with E-state index < -0.39 is 7.34 Å². The molecule has 13 heavy (non-hydrogen) atoms. The first-order valence-electron chi connectivity index (χ1n) is 4.51. The van der Waals surface area contributed by atoms with Crippen LogP contribution in [-0.2, 0) is 0 Å². The summed E-state index contributed by atoms with van der Waals surface area (Å²) in [6.45, 7) is 4.43. The number of rotatable bonds is 3. The molecule has 0 unspecified atom stereocenters. The maximum atomic E-state index is 2.34. The van der Waals surface area contributed by atoms with E-state index in [0.717, 1.165) is 0 Å². The van der Waals surface area contributed by atoms with Crippen molar-refractivity contribution in [3.05, 3.63) is 0 Å². The van der Waals surface area contributed by atoms with Crippen molar-refractivity contribution in [1.82, 2.24) is 14.0 Å². The predicted molar refractivity (Wildman–Crippen MR) is 64.3 cm³/mol. The average molecular weight is 205 g/mol. The van der Waals surface area contributed by atoms with Crippen molar-refractivity contribution in [1.29, 1.82) is 0 Å². The fraction of sp³-hybridized carbons (Fsp3) is 0.889. The van der Waals surface area contributed by atoms with E-state index in [4.69, 9.17) is 0 Å². The lowest BCUT2D eigenvalue weighted by molar-refractivity contribution is 0.483. The minimum atomic E-state index is -1.37. The van der Waals surface area contributed by atoms with Crippen LogP contribution in [0, 0.1) is 0 Å². The standard InChI is InChI=1S/C9H24N3P/c1-9(2)13(10(3)4,11(5)6)12(7)8/h1-8H3. The fourth-order valence-electron chi connectivity index (χ4n) is 2.27. The second-order valence-electron chi connectivity index (χ2n) is 4.06. The predicted octanol–water partition coefficient (Wildman–Crippen LogP) is 1.65. The Kier molecular flexibility index (Phi) is 4.67. The maximum absolute atomic E-state index is 2.34. The largest absolute Gasteiger partial charge is 0.266 e. The van der Waals surface area contributed by atoms with Gasteiger partial charge in [0, 0.05) is 0 Å². The summed E-state index contributed by atoms with van der Waals surface area (Å²) in [5, 5.41) is 1.48. The SMILES string of the molecule is CC(C)=P(N(C)C)(N(C)C)N(C)C. The smallest absolute Gasteiger partial charge is 0.0786 e. The Bertz CT molecular complexity index is 186. The van der Waals surface area contributed by atoms with Crippen molar-refractivity contribution in [3.63, 3.8) is 0 Å².